The van der Waals surface area contributed by atoms with E-state index in [0.717, 1.165) is 37.1 Å². The fraction of sp³-hybridized carbons (Fsp3) is 0.292. The Balaban J connectivity index is 1.27. The molecule has 0 unspecified atom stereocenters. The van der Waals surface area contributed by atoms with E-state index in [4.69, 9.17) is 0 Å². The van der Waals surface area contributed by atoms with E-state index in [9.17, 15) is 4.79 Å². The van der Waals surface area contributed by atoms with Crippen LogP contribution >= 0.6 is 0 Å². The zero-order chi connectivity index (χ0) is 21.8. The number of hydrogen-bond acceptors (Lipinski definition) is 6. The van der Waals surface area contributed by atoms with Crippen LogP contribution in [0.2, 0.25) is 0 Å². The molecule has 32 heavy (non-hydrogen) atoms. The molecular formula is C24H25N7O. The van der Waals surface area contributed by atoms with Gasteiger partial charge in [0.2, 0.25) is 5.95 Å². The number of nitrogens with zero attached hydrogens (tertiary/aromatic N) is 7. The molecule has 1 fully saturated rings. The summed E-state index contributed by atoms with van der Waals surface area (Å²) in [5.41, 5.74) is 3.41. The molecule has 1 amide bonds. The first-order valence-corrected chi connectivity index (χ1v) is 10.9. The topological polar surface area (TPSA) is 80.0 Å². The van der Waals surface area contributed by atoms with Crippen LogP contribution in [0, 0.1) is 0 Å². The summed E-state index contributed by atoms with van der Waals surface area (Å²) in [4.78, 5) is 34.9. The summed E-state index contributed by atoms with van der Waals surface area (Å²) in [7, 11) is 0. The van der Waals surface area contributed by atoms with Gasteiger partial charge in [0.1, 0.15) is 5.52 Å². The molecule has 1 aromatic carbocycles. The summed E-state index contributed by atoms with van der Waals surface area (Å²) in [6, 6.07) is 14.0. The van der Waals surface area contributed by atoms with Crippen LogP contribution in [0.5, 0.6) is 0 Å². The van der Waals surface area contributed by atoms with Crippen molar-refractivity contribution in [1.29, 1.82) is 0 Å². The second-order valence-corrected chi connectivity index (χ2v) is 7.92. The first kappa shape index (κ1) is 20.1. The highest BCUT2D eigenvalue weighted by Gasteiger charge is 2.22. The maximum absolute atomic E-state index is 13.2. The van der Waals surface area contributed by atoms with Gasteiger partial charge in [-0.1, -0.05) is 30.3 Å². The third-order valence-corrected chi connectivity index (χ3v) is 5.80. The fourth-order valence-corrected chi connectivity index (χ4v) is 4.08. The van der Waals surface area contributed by atoms with Gasteiger partial charge >= 0.3 is 0 Å². The molecule has 8 nitrogen and oxygen atoms in total. The first-order valence-electron chi connectivity index (χ1n) is 10.9. The molecular weight excluding hydrogens is 402 g/mol. The SMILES string of the molecule is O=C(c1cnc2c(c1)ncn2CCc1ccccc1)N1CCCN(c2ncccn2)CC1. The van der Waals surface area contributed by atoms with Crippen LogP contribution in [0.4, 0.5) is 5.95 Å². The van der Waals surface area contributed by atoms with Gasteiger partial charge in [0, 0.05) is 51.3 Å². The lowest BCUT2D eigenvalue weighted by molar-refractivity contribution is 0.0766. The van der Waals surface area contributed by atoms with E-state index >= 15 is 0 Å². The van der Waals surface area contributed by atoms with E-state index in [1.807, 2.05) is 39.8 Å². The van der Waals surface area contributed by atoms with Crippen LogP contribution < -0.4 is 4.90 Å². The van der Waals surface area contributed by atoms with Gasteiger partial charge in [-0.25, -0.2) is 19.9 Å². The van der Waals surface area contributed by atoms with Crippen LogP contribution in [0.25, 0.3) is 11.2 Å². The third-order valence-electron chi connectivity index (χ3n) is 5.80. The highest BCUT2D eigenvalue weighted by atomic mass is 16.2. The normalized spacial score (nSPS) is 14.5. The van der Waals surface area contributed by atoms with E-state index in [-0.39, 0.29) is 5.91 Å². The van der Waals surface area contributed by atoms with Crippen molar-refractivity contribution in [2.24, 2.45) is 0 Å². The number of rotatable bonds is 5. The van der Waals surface area contributed by atoms with E-state index in [1.165, 1.54) is 5.56 Å². The Morgan fingerprint density at radius 3 is 2.59 bits per heavy atom. The number of fused-ring (bicyclic) bond motifs is 1. The summed E-state index contributed by atoms with van der Waals surface area (Å²) in [5, 5.41) is 0. The van der Waals surface area contributed by atoms with Gasteiger partial charge in [0.25, 0.3) is 5.91 Å². The molecule has 1 aliphatic rings. The number of carbonyl (C=O) groups excluding carboxylic acids is 1. The van der Waals surface area contributed by atoms with Crippen LogP contribution in [0.15, 0.2) is 67.4 Å². The van der Waals surface area contributed by atoms with Crippen molar-refractivity contribution in [3.05, 3.63) is 78.5 Å². The Labute approximate surface area is 186 Å². The van der Waals surface area contributed by atoms with Crippen molar-refractivity contribution in [3.8, 4) is 0 Å². The Bertz CT molecular complexity index is 1190. The molecule has 0 spiro atoms. The highest BCUT2D eigenvalue weighted by molar-refractivity contribution is 5.96. The van der Waals surface area contributed by atoms with E-state index in [2.05, 4.69) is 37.0 Å². The summed E-state index contributed by atoms with van der Waals surface area (Å²) < 4.78 is 2.04. The molecule has 1 aliphatic heterocycles. The summed E-state index contributed by atoms with van der Waals surface area (Å²) in [5.74, 6) is 0.708. The maximum Gasteiger partial charge on any atom is 0.255 e. The molecule has 1 saturated heterocycles. The van der Waals surface area contributed by atoms with Crippen LogP contribution in [0.3, 0.4) is 0 Å². The molecule has 0 bridgehead atoms. The number of aryl methyl sites for hydroxylation is 2. The van der Waals surface area contributed by atoms with Gasteiger partial charge in [-0.3, -0.25) is 4.79 Å². The minimum absolute atomic E-state index is 0.00549. The second kappa shape index (κ2) is 9.13. The Kier molecular flexibility index (Phi) is 5.74. The molecule has 4 heterocycles. The number of aromatic nitrogens is 5. The number of anilines is 1. The minimum Gasteiger partial charge on any atom is -0.339 e. The summed E-state index contributed by atoms with van der Waals surface area (Å²) in [6.07, 6.45) is 8.75. The van der Waals surface area contributed by atoms with Gasteiger partial charge in [0.15, 0.2) is 5.65 Å². The lowest BCUT2D eigenvalue weighted by atomic mass is 10.1. The van der Waals surface area contributed by atoms with Gasteiger partial charge in [-0.05, 0) is 30.5 Å². The summed E-state index contributed by atoms with van der Waals surface area (Å²) in [6.45, 7) is 3.66. The lowest BCUT2D eigenvalue weighted by Gasteiger charge is -2.22. The van der Waals surface area contributed by atoms with Gasteiger partial charge < -0.3 is 14.4 Å². The Morgan fingerprint density at radius 1 is 0.906 bits per heavy atom. The quantitative estimate of drug-likeness (QED) is 0.487. The van der Waals surface area contributed by atoms with E-state index in [1.54, 1.807) is 24.9 Å². The smallest absolute Gasteiger partial charge is 0.255 e. The number of amides is 1. The highest BCUT2D eigenvalue weighted by Crippen LogP contribution is 2.17. The van der Waals surface area contributed by atoms with Gasteiger partial charge in [0.05, 0.1) is 11.9 Å². The van der Waals surface area contributed by atoms with Crippen LogP contribution in [0.1, 0.15) is 22.3 Å². The van der Waals surface area contributed by atoms with Gasteiger partial charge in [-0.2, -0.15) is 0 Å². The summed E-state index contributed by atoms with van der Waals surface area (Å²) >= 11 is 0. The predicted molar refractivity (Wildman–Crippen MR) is 122 cm³/mol. The van der Waals surface area contributed by atoms with Crippen molar-refractivity contribution in [3.63, 3.8) is 0 Å². The number of benzene rings is 1. The molecule has 3 aromatic heterocycles. The number of imidazole rings is 1. The standard InChI is InChI=1S/C24H25N7O/c32-23(29-11-5-12-30(15-14-29)24-25-9-4-10-26-24)20-16-21-22(27-17-20)31(18-28-21)13-8-19-6-2-1-3-7-19/h1-4,6-7,9-10,16-18H,5,8,11-15H2. The number of pyridine rings is 1. The molecule has 0 saturated carbocycles. The van der Waals surface area contributed by atoms with E-state index in [0.29, 0.717) is 31.1 Å². The second-order valence-electron chi connectivity index (χ2n) is 7.92. The average Bonchev–Trinajstić information content (AvgIpc) is 3.09. The van der Waals surface area contributed by atoms with Crippen molar-refractivity contribution in [2.45, 2.75) is 19.4 Å². The average molecular weight is 428 g/mol. The molecule has 0 radical (unpaired) electrons. The van der Waals surface area contributed by atoms with Gasteiger partial charge in [-0.15, -0.1) is 0 Å². The minimum atomic E-state index is -0.00549. The van der Waals surface area contributed by atoms with Crippen molar-refractivity contribution >= 4 is 23.0 Å². The molecule has 5 rings (SSSR count). The van der Waals surface area contributed by atoms with Crippen LogP contribution in [-0.4, -0.2) is 61.5 Å². The zero-order valence-corrected chi connectivity index (χ0v) is 17.8. The number of carbonyl (C=O) groups is 1. The predicted octanol–water partition coefficient (Wildman–Crippen LogP) is 2.82. The Morgan fingerprint density at radius 2 is 1.75 bits per heavy atom. The molecule has 0 atom stereocenters. The number of hydrogen-bond donors (Lipinski definition) is 0. The van der Waals surface area contributed by atoms with Crippen molar-refractivity contribution in [2.75, 3.05) is 31.1 Å². The molecule has 162 valence electrons. The third kappa shape index (κ3) is 4.30. The van der Waals surface area contributed by atoms with Crippen molar-refractivity contribution in [1.82, 2.24) is 29.4 Å². The Hall–Kier alpha value is -3.81. The lowest BCUT2D eigenvalue weighted by Crippen LogP contribution is -2.35. The monoisotopic (exact) mass is 427 g/mol. The van der Waals surface area contributed by atoms with Crippen LogP contribution in [-0.2, 0) is 13.0 Å². The molecule has 0 aliphatic carbocycles. The molecule has 8 heteroatoms. The maximum atomic E-state index is 13.2. The first-order chi connectivity index (χ1) is 15.8. The largest absolute Gasteiger partial charge is 0.339 e. The zero-order valence-electron chi connectivity index (χ0n) is 17.8. The molecule has 0 N–H and O–H groups in total. The molecule has 4 aromatic rings. The van der Waals surface area contributed by atoms with Crippen molar-refractivity contribution < 1.29 is 4.79 Å². The van der Waals surface area contributed by atoms with E-state index < -0.39 is 0 Å². The fourth-order valence-electron chi connectivity index (χ4n) is 4.08.